The average Bonchev–Trinajstić information content (AvgIpc) is 2.54. The maximum atomic E-state index is 13.0. The van der Waals surface area contributed by atoms with Gasteiger partial charge >= 0.3 is 0 Å². The second kappa shape index (κ2) is 8.86. The van der Waals surface area contributed by atoms with E-state index in [-0.39, 0.29) is 24.7 Å². The Bertz CT molecular complexity index is 655. The van der Waals surface area contributed by atoms with E-state index in [1.54, 1.807) is 24.3 Å². The summed E-state index contributed by atoms with van der Waals surface area (Å²) in [5, 5.41) is 12.6. The third-order valence-electron chi connectivity index (χ3n) is 3.31. The fourth-order valence-corrected chi connectivity index (χ4v) is 2.17. The van der Waals surface area contributed by atoms with Gasteiger partial charge in [-0.3, -0.25) is 4.79 Å². The van der Waals surface area contributed by atoms with Crippen LogP contribution in [0, 0.1) is 5.82 Å². The molecule has 0 saturated heterocycles. The standard InChI is InChI=1S/C19H20FNO2/c20-17-10-4-8-15(12-17)9-5-11-19(23)21-14-18(22)13-16-6-2-1-3-7-16/h1-10,12,18,22H,11,13-14H2,(H,21,23). The van der Waals surface area contributed by atoms with Crippen LogP contribution in [-0.4, -0.2) is 23.7 Å². The van der Waals surface area contributed by atoms with Crippen molar-refractivity contribution in [2.75, 3.05) is 6.54 Å². The highest BCUT2D eigenvalue weighted by molar-refractivity contribution is 5.78. The van der Waals surface area contributed by atoms with Crippen LogP contribution < -0.4 is 5.32 Å². The van der Waals surface area contributed by atoms with E-state index < -0.39 is 6.10 Å². The zero-order chi connectivity index (χ0) is 16.5. The molecule has 0 bridgehead atoms. The first kappa shape index (κ1) is 16.9. The van der Waals surface area contributed by atoms with Gasteiger partial charge in [-0.2, -0.15) is 0 Å². The van der Waals surface area contributed by atoms with E-state index in [2.05, 4.69) is 5.32 Å². The van der Waals surface area contributed by atoms with Gasteiger partial charge in [-0.1, -0.05) is 54.6 Å². The van der Waals surface area contributed by atoms with E-state index in [9.17, 15) is 14.3 Å². The lowest BCUT2D eigenvalue weighted by molar-refractivity contribution is -0.120. The Morgan fingerprint density at radius 2 is 1.96 bits per heavy atom. The molecular weight excluding hydrogens is 293 g/mol. The summed E-state index contributed by atoms with van der Waals surface area (Å²) in [6.07, 6.45) is 3.44. The number of benzene rings is 2. The minimum atomic E-state index is -0.617. The molecular formula is C19H20FNO2. The summed E-state index contributed by atoms with van der Waals surface area (Å²) in [6.45, 7) is 0.210. The van der Waals surface area contributed by atoms with E-state index in [1.807, 2.05) is 30.3 Å². The van der Waals surface area contributed by atoms with Crippen LogP contribution in [-0.2, 0) is 11.2 Å². The van der Waals surface area contributed by atoms with Crippen molar-refractivity contribution in [1.82, 2.24) is 5.32 Å². The molecule has 2 rings (SSSR count). The Balaban J connectivity index is 1.70. The summed E-state index contributed by atoms with van der Waals surface area (Å²) in [5.41, 5.74) is 1.74. The van der Waals surface area contributed by atoms with Crippen LogP contribution in [0.3, 0.4) is 0 Å². The van der Waals surface area contributed by atoms with Gasteiger partial charge in [0.15, 0.2) is 0 Å². The summed E-state index contributed by atoms with van der Waals surface area (Å²) >= 11 is 0. The highest BCUT2D eigenvalue weighted by Gasteiger charge is 2.07. The van der Waals surface area contributed by atoms with Crippen molar-refractivity contribution in [2.24, 2.45) is 0 Å². The second-order valence-electron chi connectivity index (χ2n) is 5.31. The first-order valence-corrected chi connectivity index (χ1v) is 7.54. The van der Waals surface area contributed by atoms with Crippen LogP contribution in [0.2, 0.25) is 0 Å². The van der Waals surface area contributed by atoms with Crippen LogP contribution in [0.1, 0.15) is 17.5 Å². The zero-order valence-electron chi connectivity index (χ0n) is 12.8. The molecule has 0 heterocycles. The number of amides is 1. The third-order valence-corrected chi connectivity index (χ3v) is 3.31. The number of aliphatic hydroxyl groups excluding tert-OH is 1. The van der Waals surface area contributed by atoms with Crippen LogP contribution in [0.15, 0.2) is 60.7 Å². The largest absolute Gasteiger partial charge is 0.391 e. The highest BCUT2D eigenvalue weighted by Crippen LogP contribution is 2.06. The number of halogens is 1. The molecule has 4 heteroatoms. The molecule has 1 amide bonds. The number of hydrogen-bond donors (Lipinski definition) is 2. The van der Waals surface area contributed by atoms with Gasteiger partial charge in [0.1, 0.15) is 5.82 Å². The van der Waals surface area contributed by atoms with E-state index in [0.717, 1.165) is 5.56 Å². The molecule has 3 nitrogen and oxygen atoms in total. The van der Waals surface area contributed by atoms with E-state index >= 15 is 0 Å². The van der Waals surface area contributed by atoms with Gasteiger partial charge in [-0.25, -0.2) is 4.39 Å². The minimum absolute atomic E-state index is 0.176. The SMILES string of the molecule is O=C(CC=Cc1cccc(F)c1)NCC(O)Cc1ccccc1. The Kier molecular flexibility index (Phi) is 6.51. The molecule has 0 aromatic heterocycles. The lowest BCUT2D eigenvalue weighted by atomic mass is 10.1. The third kappa shape index (κ3) is 6.45. The molecule has 2 aromatic rings. The van der Waals surface area contributed by atoms with Crippen LogP contribution in [0.25, 0.3) is 6.08 Å². The number of nitrogens with one attached hydrogen (secondary N) is 1. The molecule has 23 heavy (non-hydrogen) atoms. The van der Waals surface area contributed by atoms with Gasteiger partial charge in [-0.05, 0) is 23.3 Å². The molecule has 0 radical (unpaired) electrons. The van der Waals surface area contributed by atoms with Crippen LogP contribution in [0.4, 0.5) is 4.39 Å². The number of carbonyl (C=O) groups excluding carboxylic acids is 1. The van der Waals surface area contributed by atoms with Gasteiger partial charge in [0, 0.05) is 19.4 Å². The smallest absolute Gasteiger partial charge is 0.223 e. The van der Waals surface area contributed by atoms with Crippen molar-refractivity contribution >= 4 is 12.0 Å². The summed E-state index contributed by atoms with van der Waals surface area (Å²) in [5.74, 6) is -0.481. The molecule has 2 aromatic carbocycles. The molecule has 1 atom stereocenters. The monoisotopic (exact) mass is 313 g/mol. The second-order valence-corrected chi connectivity index (χ2v) is 5.31. The lowest BCUT2D eigenvalue weighted by Crippen LogP contribution is -2.32. The summed E-state index contributed by atoms with van der Waals surface area (Å²) in [6, 6.07) is 15.8. The van der Waals surface area contributed by atoms with Crippen molar-refractivity contribution in [3.05, 3.63) is 77.6 Å². The molecule has 1 unspecified atom stereocenters. The predicted molar refractivity (Wildman–Crippen MR) is 89.2 cm³/mol. The van der Waals surface area contributed by atoms with Gasteiger partial charge < -0.3 is 10.4 Å². The summed E-state index contributed by atoms with van der Waals surface area (Å²) < 4.78 is 13.0. The maximum absolute atomic E-state index is 13.0. The summed E-state index contributed by atoms with van der Waals surface area (Å²) in [4.78, 5) is 11.7. The first-order valence-electron chi connectivity index (χ1n) is 7.54. The molecule has 0 aliphatic heterocycles. The van der Waals surface area contributed by atoms with E-state index in [0.29, 0.717) is 12.0 Å². The van der Waals surface area contributed by atoms with Gasteiger partial charge in [0.25, 0.3) is 0 Å². The molecule has 0 spiro atoms. The topological polar surface area (TPSA) is 49.3 Å². The Morgan fingerprint density at radius 1 is 1.17 bits per heavy atom. The van der Waals surface area contributed by atoms with Crippen molar-refractivity contribution in [1.29, 1.82) is 0 Å². The van der Waals surface area contributed by atoms with Crippen LogP contribution >= 0.6 is 0 Å². The average molecular weight is 313 g/mol. The molecule has 0 fully saturated rings. The van der Waals surface area contributed by atoms with Crippen molar-refractivity contribution < 1.29 is 14.3 Å². The predicted octanol–water partition coefficient (Wildman–Crippen LogP) is 2.95. The normalized spacial score (nSPS) is 12.3. The van der Waals surface area contributed by atoms with Gasteiger partial charge in [0.2, 0.25) is 5.91 Å². The number of carbonyl (C=O) groups is 1. The number of hydrogen-bond acceptors (Lipinski definition) is 2. The molecule has 0 saturated carbocycles. The van der Waals surface area contributed by atoms with Crippen LogP contribution in [0.5, 0.6) is 0 Å². The van der Waals surface area contributed by atoms with Crippen molar-refractivity contribution in [2.45, 2.75) is 18.9 Å². The van der Waals surface area contributed by atoms with Crippen molar-refractivity contribution in [3.63, 3.8) is 0 Å². The first-order chi connectivity index (χ1) is 11.1. The Hall–Kier alpha value is -2.46. The minimum Gasteiger partial charge on any atom is -0.391 e. The highest BCUT2D eigenvalue weighted by atomic mass is 19.1. The fraction of sp³-hybridized carbons (Fsp3) is 0.211. The molecule has 2 N–H and O–H groups in total. The Labute approximate surface area is 135 Å². The lowest BCUT2D eigenvalue weighted by Gasteiger charge is -2.11. The zero-order valence-corrected chi connectivity index (χ0v) is 12.8. The quantitative estimate of drug-likeness (QED) is 0.825. The van der Waals surface area contributed by atoms with Gasteiger partial charge in [0.05, 0.1) is 6.10 Å². The molecule has 0 aliphatic rings. The molecule has 120 valence electrons. The van der Waals surface area contributed by atoms with E-state index in [4.69, 9.17) is 0 Å². The van der Waals surface area contributed by atoms with Crippen molar-refractivity contribution in [3.8, 4) is 0 Å². The number of rotatable bonds is 7. The molecule has 0 aliphatic carbocycles. The van der Waals surface area contributed by atoms with Gasteiger partial charge in [-0.15, -0.1) is 0 Å². The number of aliphatic hydroxyl groups is 1. The maximum Gasteiger partial charge on any atom is 0.223 e. The van der Waals surface area contributed by atoms with E-state index in [1.165, 1.54) is 12.1 Å². The summed E-state index contributed by atoms with van der Waals surface area (Å²) in [7, 11) is 0. The Morgan fingerprint density at radius 3 is 2.70 bits per heavy atom. The fourth-order valence-electron chi connectivity index (χ4n) is 2.17.